The van der Waals surface area contributed by atoms with Gasteiger partial charge in [0, 0.05) is 51.2 Å². The van der Waals surface area contributed by atoms with E-state index >= 15 is 0 Å². The Morgan fingerprint density at radius 1 is 1.03 bits per heavy atom. The van der Waals surface area contributed by atoms with Gasteiger partial charge in [-0.1, -0.05) is 26.0 Å². The number of aliphatic hydroxyl groups is 1. The fraction of sp³-hybridized carbons (Fsp3) is 0.500. The highest BCUT2D eigenvalue weighted by Gasteiger charge is 2.22. The van der Waals surface area contributed by atoms with E-state index in [9.17, 15) is 15.3 Å². The van der Waals surface area contributed by atoms with Crippen molar-refractivity contribution in [1.82, 2.24) is 15.1 Å². The van der Waals surface area contributed by atoms with Gasteiger partial charge in [-0.2, -0.15) is 5.10 Å². The van der Waals surface area contributed by atoms with Crippen LogP contribution in [0.3, 0.4) is 0 Å². The monoisotopic (exact) mass is 510 g/mol. The van der Waals surface area contributed by atoms with E-state index in [1.165, 1.54) is 31.0 Å². The standard InChI is InChI=1S/C28H42N6O3/c1-21(2)24-17-25(27(37)18-26(24)36)28(31-30-4)34(20-35)23-9-7-22(8-10-23)19-33-15-13-32(14-16-33)12-6-5-11-29-3/h7-10,17-18,21,29,35-37H,4-6,11-16,19-20H2,1-3H3/b31-28-. The van der Waals surface area contributed by atoms with Crippen LogP contribution in [-0.2, 0) is 6.54 Å². The quantitative estimate of drug-likeness (QED) is 0.114. The van der Waals surface area contributed by atoms with Gasteiger partial charge in [-0.3, -0.25) is 4.90 Å². The summed E-state index contributed by atoms with van der Waals surface area (Å²) in [4.78, 5) is 6.58. The van der Waals surface area contributed by atoms with Crippen LogP contribution >= 0.6 is 0 Å². The number of aliphatic hydroxyl groups excluding tert-OH is 1. The van der Waals surface area contributed by atoms with Gasteiger partial charge in [0.1, 0.15) is 18.2 Å². The summed E-state index contributed by atoms with van der Waals surface area (Å²) in [6.07, 6.45) is 2.45. The largest absolute Gasteiger partial charge is 0.508 e. The van der Waals surface area contributed by atoms with Gasteiger partial charge in [0.05, 0.1) is 5.56 Å². The Hall–Kier alpha value is -2.98. The second-order valence-corrected chi connectivity index (χ2v) is 9.81. The maximum atomic E-state index is 10.6. The zero-order valence-electron chi connectivity index (χ0n) is 22.4. The number of amidine groups is 1. The second kappa shape index (κ2) is 14.1. The molecule has 1 aliphatic heterocycles. The van der Waals surface area contributed by atoms with E-state index in [2.05, 4.69) is 44.2 Å². The van der Waals surface area contributed by atoms with Gasteiger partial charge in [0.25, 0.3) is 0 Å². The molecule has 0 aromatic heterocycles. The van der Waals surface area contributed by atoms with E-state index in [0.29, 0.717) is 16.8 Å². The predicted octanol–water partition coefficient (Wildman–Crippen LogP) is 3.16. The summed E-state index contributed by atoms with van der Waals surface area (Å²) in [7, 11) is 2.00. The lowest BCUT2D eigenvalue weighted by atomic mass is 9.98. The van der Waals surface area contributed by atoms with Crippen LogP contribution in [-0.4, -0.2) is 90.7 Å². The van der Waals surface area contributed by atoms with Crippen molar-refractivity contribution in [3.05, 3.63) is 53.1 Å². The maximum Gasteiger partial charge on any atom is 0.168 e. The number of nitrogens with zero attached hydrogens (tertiary/aromatic N) is 5. The zero-order valence-corrected chi connectivity index (χ0v) is 22.4. The van der Waals surface area contributed by atoms with Crippen molar-refractivity contribution in [2.45, 2.75) is 39.2 Å². The van der Waals surface area contributed by atoms with Gasteiger partial charge in [0.15, 0.2) is 5.84 Å². The molecule has 9 heteroatoms. The van der Waals surface area contributed by atoms with Gasteiger partial charge in [-0.25, -0.2) is 0 Å². The second-order valence-electron chi connectivity index (χ2n) is 9.81. The Labute approximate surface area is 220 Å². The molecule has 3 rings (SSSR count). The van der Waals surface area contributed by atoms with Crippen LogP contribution < -0.4 is 10.2 Å². The van der Waals surface area contributed by atoms with Crippen LogP contribution in [0.1, 0.15) is 49.3 Å². The molecule has 0 saturated carbocycles. The first-order chi connectivity index (χ1) is 17.9. The minimum Gasteiger partial charge on any atom is -0.508 e. The van der Waals surface area contributed by atoms with Crippen molar-refractivity contribution >= 4 is 18.2 Å². The van der Waals surface area contributed by atoms with Crippen molar-refractivity contribution in [2.75, 3.05) is 57.9 Å². The molecule has 1 aliphatic rings. The molecule has 2 aromatic carbocycles. The fourth-order valence-corrected chi connectivity index (χ4v) is 4.67. The molecule has 1 saturated heterocycles. The molecular weight excluding hydrogens is 468 g/mol. The van der Waals surface area contributed by atoms with Gasteiger partial charge < -0.3 is 30.4 Å². The number of unbranched alkanes of at least 4 members (excludes halogenated alkanes) is 1. The minimum atomic E-state index is -0.374. The number of nitrogens with one attached hydrogen (secondary N) is 1. The number of phenolic OH excluding ortho intramolecular Hbond substituents is 2. The number of phenols is 2. The first kappa shape index (κ1) is 28.6. The summed E-state index contributed by atoms with van der Waals surface area (Å²) in [5.74, 6) is 0.132. The van der Waals surface area contributed by atoms with Gasteiger partial charge in [-0.05, 0) is 68.2 Å². The summed E-state index contributed by atoms with van der Waals surface area (Å²) in [5.41, 5.74) is 2.92. The average molecular weight is 511 g/mol. The van der Waals surface area contributed by atoms with E-state index < -0.39 is 0 Å². The summed E-state index contributed by atoms with van der Waals surface area (Å²) < 4.78 is 0. The maximum absolute atomic E-state index is 10.6. The number of piperazine rings is 1. The summed E-state index contributed by atoms with van der Waals surface area (Å²) >= 11 is 0. The van der Waals surface area contributed by atoms with Crippen molar-refractivity contribution in [2.24, 2.45) is 10.2 Å². The highest BCUT2D eigenvalue weighted by molar-refractivity contribution is 6.11. The first-order valence-corrected chi connectivity index (χ1v) is 13.0. The van der Waals surface area contributed by atoms with Crippen molar-refractivity contribution in [3.63, 3.8) is 0 Å². The van der Waals surface area contributed by atoms with Crippen LogP contribution in [0.5, 0.6) is 11.5 Å². The molecule has 2 aromatic rings. The van der Waals surface area contributed by atoms with E-state index in [1.807, 2.05) is 33.0 Å². The van der Waals surface area contributed by atoms with E-state index in [-0.39, 0.29) is 30.0 Å². The third kappa shape index (κ3) is 7.75. The molecular formula is C28H42N6O3. The smallest absolute Gasteiger partial charge is 0.168 e. The Morgan fingerprint density at radius 3 is 2.30 bits per heavy atom. The Balaban J connectivity index is 1.68. The number of rotatable bonds is 12. The number of benzene rings is 2. The normalized spacial score (nSPS) is 15.3. The Bertz CT molecular complexity index is 1030. The van der Waals surface area contributed by atoms with Crippen LogP contribution in [0, 0.1) is 0 Å². The fourth-order valence-electron chi connectivity index (χ4n) is 4.67. The number of aromatic hydroxyl groups is 2. The predicted molar refractivity (Wildman–Crippen MR) is 151 cm³/mol. The summed E-state index contributed by atoms with van der Waals surface area (Å²) in [6.45, 7) is 14.4. The molecule has 1 heterocycles. The lowest BCUT2D eigenvalue weighted by Crippen LogP contribution is -2.46. The first-order valence-electron chi connectivity index (χ1n) is 13.0. The van der Waals surface area contributed by atoms with E-state index in [0.717, 1.165) is 39.3 Å². The lowest BCUT2D eigenvalue weighted by Gasteiger charge is -2.34. The highest BCUT2D eigenvalue weighted by atomic mass is 16.3. The molecule has 0 atom stereocenters. The summed E-state index contributed by atoms with van der Waals surface area (Å²) in [6, 6.07) is 10.9. The molecule has 0 aliphatic carbocycles. The molecule has 0 radical (unpaired) electrons. The lowest BCUT2D eigenvalue weighted by molar-refractivity contribution is 0.125. The van der Waals surface area contributed by atoms with Crippen LogP contribution in [0.15, 0.2) is 46.6 Å². The molecule has 0 spiro atoms. The summed E-state index contributed by atoms with van der Waals surface area (Å²) in [5, 5.41) is 42.1. The van der Waals surface area contributed by atoms with Gasteiger partial charge in [-0.15, -0.1) is 5.10 Å². The van der Waals surface area contributed by atoms with Crippen LogP contribution in [0.4, 0.5) is 5.69 Å². The molecule has 9 nitrogen and oxygen atoms in total. The molecule has 4 N–H and O–H groups in total. The molecule has 0 unspecified atom stereocenters. The Morgan fingerprint density at radius 2 is 1.70 bits per heavy atom. The average Bonchev–Trinajstić information content (AvgIpc) is 2.88. The van der Waals surface area contributed by atoms with Crippen LogP contribution in [0.25, 0.3) is 0 Å². The van der Waals surface area contributed by atoms with Crippen LogP contribution in [0.2, 0.25) is 0 Å². The van der Waals surface area contributed by atoms with Gasteiger partial charge in [0.2, 0.25) is 0 Å². The highest BCUT2D eigenvalue weighted by Crippen LogP contribution is 2.34. The molecule has 1 fully saturated rings. The molecule has 37 heavy (non-hydrogen) atoms. The Kier molecular flexibility index (Phi) is 10.9. The van der Waals surface area contributed by atoms with Crippen molar-refractivity contribution < 1.29 is 15.3 Å². The number of hydrogen-bond donors (Lipinski definition) is 4. The zero-order chi connectivity index (χ0) is 26.8. The molecule has 0 bridgehead atoms. The topological polar surface area (TPSA) is 107 Å². The number of anilines is 1. The minimum absolute atomic E-state index is 0.0108. The SMILES string of the molecule is C=N/N=C(/c1cc(C(C)C)c(O)cc1O)N(CO)c1ccc(CN2CCN(CCCCNC)CC2)cc1. The van der Waals surface area contributed by atoms with Crippen molar-refractivity contribution in [1.29, 1.82) is 0 Å². The van der Waals surface area contributed by atoms with Crippen molar-refractivity contribution in [3.8, 4) is 11.5 Å². The molecule has 0 amide bonds. The third-order valence-corrected chi connectivity index (χ3v) is 6.84. The third-order valence-electron chi connectivity index (χ3n) is 6.84. The molecule has 202 valence electrons. The van der Waals surface area contributed by atoms with E-state index in [4.69, 9.17) is 0 Å². The number of hydrogen-bond acceptors (Lipinski definition) is 8. The van der Waals surface area contributed by atoms with E-state index in [1.54, 1.807) is 11.0 Å². The van der Waals surface area contributed by atoms with Gasteiger partial charge >= 0.3 is 0 Å².